The van der Waals surface area contributed by atoms with E-state index in [0.29, 0.717) is 12.5 Å². The van der Waals surface area contributed by atoms with Gasteiger partial charge in [-0.15, -0.1) is 0 Å². The Morgan fingerprint density at radius 3 is 2.96 bits per heavy atom. The minimum Gasteiger partial charge on any atom is -0.360 e. The quantitative estimate of drug-likeness (QED) is 0.755. The first-order valence-corrected chi connectivity index (χ1v) is 8.76. The maximum Gasteiger partial charge on any atom is 0.253 e. The molecule has 0 spiro atoms. The van der Waals surface area contributed by atoms with Crippen LogP contribution in [-0.2, 0) is 7.05 Å². The summed E-state index contributed by atoms with van der Waals surface area (Å²) >= 11 is 0. The van der Waals surface area contributed by atoms with E-state index in [0.717, 1.165) is 35.6 Å². The smallest absolute Gasteiger partial charge is 0.253 e. The molecule has 1 amide bonds. The second kappa shape index (κ2) is 6.67. The van der Waals surface area contributed by atoms with Crippen LogP contribution in [0.4, 0.5) is 5.95 Å². The van der Waals surface area contributed by atoms with Crippen molar-refractivity contribution < 1.29 is 4.79 Å². The number of H-pyrrole nitrogens is 1. The summed E-state index contributed by atoms with van der Waals surface area (Å²) in [7, 11) is 1.94. The molecule has 3 aromatic rings. The van der Waals surface area contributed by atoms with Gasteiger partial charge in [-0.25, -0.2) is 9.97 Å². The molecule has 0 aromatic carbocycles. The van der Waals surface area contributed by atoms with Gasteiger partial charge < -0.3 is 19.8 Å². The first-order chi connectivity index (χ1) is 12.6. The fourth-order valence-corrected chi connectivity index (χ4v) is 3.31. The lowest BCUT2D eigenvalue weighted by molar-refractivity contribution is 0.0939. The topological polar surface area (TPSA) is 78.8 Å². The summed E-state index contributed by atoms with van der Waals surface area (Å²) in [5, 5.41) is 3.14. The average molecular weight is 350 g/mol. The summed E-state index contributed by atoms with van der Waals surface area (Å²) in [5.41, 5.74) is 3.54. The molecule has 1 aliphatic heterocycles. The van der Waals surface area contributed by atoms with Gasteiger partial charge in [0.1, 0.15) is 0 Å². The number of carbonyl (C=O) groups excluding carboxylic acids is 1. The van der Waals surface area contributed by atoms with Crippen molar-refractivity contribution in [3.8, 4) is 11.4 Å². The van der Waals surface area contributed by atoms with Gasteiger partial charge in [-0.1, -0.05) is 0 Å². The fraction of sp³-hybridized carbons (Fsp3) is 0.316. The Labute approximate surface area is 152 Å². The molecule has 7 heteroatoms. The Kier molecular flexibility index (Phi) is 4.20. The second-order valence-corrected chi connectivity index (χ2v) is 6.66. The molecule has 1 fully saturated rings. The molecule has 1 atom stereocenters. The molecule has 4 heterocycles. The Morgan fingerprint density at radius 1 is 1.35 bits per heavy atom. The number of nitrogens with zero attached hydrogens (tertiary/aromatic N) is 4. The zero-order valence-electron chi connectivity index (χ0n) is 14.9. The highest BCUT2D eigenvalue weighted by atomic mass is 16.1. The first-order valence-electron chi connectivity index (χ1n) is 8.76. The summed E-state index contributed by atoms with van der Waals surface area (Å²) < 4.78 is 1.95. The zero-order chi connectivity index (χ0) is 18.1. The largest absolute Gasteiger partial charge is 0.360 e. The van der Waals surface area contributed by atoms with Crippen LogP contribution in [0.1, 0.15) is 22.5 Å². The van der Waals surface area contributed by atoms with Crippen molar-refractivity contribution in [3.63, 3.8) is 0 Å². The average Bonchev–Trinajstić information content (AvgIpc) is 3.38. The van der Waals surface area contributed by atoms with Gasteiger partial charge in [0.05, 0.1) is 17.0 Å². The van der Waals surface area contributed by atoms with Gasteiger partial charge in [-0.3, -0.25) is 4.79 Å². The van der Waals surface area contributed by atoms with E-state index in [4.69, 9.17) is 0 Å². The minimum absolute atomic E-state index is 0.0176. The number of hydrogen-bond donors (Lipinski definition) is 2. The highest BCUT2D eigenvalue weighted by molar-refractivity contribution is 5.95. The number of aromatic nitrogens is 4. The normalized spacial score (nSPS) is 16.8. The third kappa shape index (κ3) is 3.08. The van der Waals surface area contributed by atoms with E-state index >= 15 is 0 Å². The molecule has 0 bridgehead atoms. The molecule has 3 aromatic heterocycles. The lowest BCUT2D eigenvalue weighted by atomic mass is 10.2. The summed E-state index contributed by atoms with van der Waals surface area (Å²) in [5.74, 6) is 0.681. The molecule has 2 N–H and O–H groups in total. The third-order valence-corrected chi connectivity index (χ3v) is 4.95. The molecular formula is C19H22N6O. The van der Waals surface area contributed by atoms with Gasteiger partial charge in [-0.05, 0) is 37.6 Å². The Balaban J connectivity index is 1.43. The molecule has 4 rings (SSSR count). The summed E-state index contributed by atoms with van der Waals surface area (Å²) in [6.45, 7) is 3.49. The highest BCUT2D eigenvalue weighted by Gasteiger charge is 2.26. The van der Waals surface area contributed by atoms with Crippen molar-refractivity contribution in [1.29, 1.82) is 0 Å². The first kappa shape index (κ1) is 16.4. The molecule has 7 nitrogen and oxygen atoms in total. The number of amides is 1. The number of hydrogen-bond acceptors (Lipinski definition) is 4. The van der Waals surface area contributed by atoms with Gasteiger partial charge in [0, 0.05) is 50.5 Å². The van der Waals surface area contributed by atoms with Crippen molar-refractivity contribution >= 4 is 11.9 Å². The van der Waals surface area contributed by atoms with Crippen LogP contribution in [0.5, 0.6) is 0 Å². The fourth-order valence-electron chi connectivity index (χ4n) is 3.31. The standard InChI is InChI=1S/C19H22N6O/c1-13-15(7-10-24(13)2)18(26)22-14-6-11-25(12-14)19-21-9-5-17(23-19)16-4-3-8-20-16/h3-5,7-10,14,20H,6,11-12H2,1-2H3,(H,22,26). The van der Waals surface area contributed by atoms with Gasteiger partial charge in [0.25, 0.3) is 5.91 Å². The Hall–Kier alpha value is -3.09. The number of anilines is 1. The zero-order valence-corrected chi connectivity index (χ0v) is 14.9. The van der Waals surface area contributed by atoms with Gasteiger partial charge in [0.2, 0.25) is 5.95 Å². The minimum atomic E-state index is -0.0176. The molecule has 134 valence electrons. The van der Waals surface area contributed by atoms with Crippen LogP contribution in [0.25, 0.3) is 11.4 Å². The lowest BCUT2D eigenvalue weighted by Crippen LogP contribution is -2.37. The van der Waals surface area contributed by atoms with E-state index in [1.165, 1.54) is 0 Å². The van der Waals surface area contributed by atoms with Crippen LogP contribution < -0.4 is 10.2 Å². The van der Waals surface area contributed by atoms with E-state index in [9.17, 15) is 4.79 Å². The Morgan fingerprint density at radius 2 is 2.23 bits per heavy atom. The van der Waals surface area contributed by atoms with E-state index in [2.05, 4.69) is 25.2 Å². The van der Waals surface area contributed by atoms with E-state index in [-0.39, 0.29) is 11.9 Å². The maximum absolute atomic E-state index is 12.5. The summed E-state index contributed by atoms with van der Waals surface area (Å²) in [6, 6.07) is 7.79. The molecule has 26 heavy (non-hydrogen) atoms. The number of aromatic amines is 1. The van der Waals surface area contributed by atoms with Gasteiger partial charge in [0.15, 0.2) is 0 Å². The lowest BCUT2D eigenvalue weighted by Gasteiger charge is -2.17. The van der Waals surface area contributed by atoms with Crippen LogP contribution >= 0.6 is 0 Å². The molecule has 0 radical (unpaired) electrons. The van der Waals surface area contributed by atoms with Crippen LogP contribution in [0.3, 0.4) is 0 Å². The summed E-state index contributed by atoms with van der Waals surface area (Å²) in [6.07, 6.45) is 6.45. The van der Waals surface area contributed by atoms with Crippen LogP contribution in [0.2, 0.25) is 0 Å². The van der Waals surface area contributed by atoms with Crippen LogP contribution in [0, 0.1) is 6.92 Å². The number of nitrogens with one attached hydrogen (secondary N) is 2. The van der Waals surface area contributed by atoms with Crippen molar-refractivity contribution in [2.24, 2.45) is 7.05 Å². The number of aryl methyl sites for hydroxylation is 1. The van der Waals surface area contributed by atoms with E-state index in [1.807, 2.05) is 55.2 Å². The van der Waals surface area contributed by atoms with Crippen molar-refractivity contribution in [1.82, 2.24) is 24.8 Å². The van der Waals surface area contributed by atoms with Crippen molar-refractivity contribution in [3.05, 3.63) is 54.1 Å². The molecule has 0 saturated carbocycles. The molecule has 1 aliphatic rings. The number of carbonyl (C=O) groups is 1. The SMILES string of the molecule is Cc1c(C(=O)NC2CCN(c3nccc(-c4ccc[nH]4)n3)C2)ccn1C. The molecule has 0 aliphatic carbocycles. The predicted octanol–water partition coefficient (Wildman–Crippen LogP) is 2.13. The number of rotatable bonds is 4. The predicted molar refractivity (Wildman–Crippen MR) is 100 cm³/mol. The molecule has 1 saturated heterocycles. The Bertz CT molecular complexity index is 914. The van der Waals surface area contributed by atoms with Crippen LogP contribution in [0.15, 0.2) is 42.9 Å². The second-order valence-electron chi connectivity index (χ2n) is 6.66. The van der Waals surface area contributed by atoms with Crippen molar-refractivity contribution in [2.45, 2.75) is 19.4 Å². The van der Waals surface area contributed by atoms with Crippen LogP contribution in [-0.4, -0.2) is 44.6 Å². The van der Waals surface area contributed by atoms with E-state index in [1.54, 1.807) is 6.20 Å². The maximum atomic E-state index is 12.5. The third-order valence-electron chi connectivity index (χ3n) is 4.95. The highest BCUT2D eigenvalue weighted by Crippen LogP contribution is 2.20. The molecular weight excluding hydrogens is 328 g/mol. The monoisotopic (exact) mass is 350 g/mol. The van der Waals surface area contributed by atoms with Gasteiger partial charge in [-0.2, -0.15) is 0 Å². The molecule has 1 unspecified atom stereocenters. The van der Waals surface area contributed by atoms with Crippen molar-refractivity contribution in [2.75, 3.05) is 18.0 Å². The van der Waals surface area contributed by atoms with Gasteiger partial charge >= 0.3 is 0 Å². The van der Waals surface area contributed by atoms with E-state index < -0.39 is 0 Å². The summed E-state index contributed by atoms with van der Waals surface area (Å²) in [4.78, 5) is 26.9.